The number of nitrogens with zero attached hydrogens (tertiary/aromatic N) is 4. The highest BCUT2D eigenvalue weighted by Gasteiger charge is 2.64. The van der Waals surface area contributed by atoms with Crippen LogP contribution in [0.3, 0.4) is 0 Å². The molecule has 1 aromatic heterocycles. The molecule has 1 saturated heterocycles. The van der Waals surface area contributed by atoms with Gasteiger partial charge in [-0.3, -0.25) is 14.9 Å². The van der Waals surface area contributed by atoms with Crippen molar-refractivity contribution in [1.82, 2.24) is 14.9 Å². The van der Waals surface area contributed by atoms with Crippen LogP contribution < -0.4 is 9.47 Å². The van der Waals surface area contributed by atoms with Crippen molar-refractivity contribution >= 4 is 17.5 Å². The van der Waals surface area contributed by atoms with Gasteiger partial charge in [0, 0.05) is 75.8 Å². The first kappa shape index (κ1) is 39.5. The number of aliphatic hydroxyl groups excluding tert-OH is 2. The number of fused-ring (bicyclic) bond motifs is 2. The van der Waals surface area contributed by atoms with Gasteiger partial charge in [-0.25, -0.2) is 0 Å². The van der Waals surface area contributed by atoms with Crippen LogP contribution >= 0.6 is 11.8 Å². The first-order valence-electron chi connectivity index (χ1n) is 20.1. The summed E-state index contributed by atoms with van der Waals surface area (Å²) >= 11 is 1.83. The number of thioether (sulfide) groups is 1. The summed E-state index contributed by atoms with van der Waals surface area (Å²) in [5, 5.41) is 24.5. The van der Waals surface area contributed by atoms with E-state index in [2.05, 4.69) is 51.8 Å². The van der Waals surface area contributed by atoms with Gasteiger partial charge in [0.15, 0.2) is 0 Å². The fourth-order valence-electron chi connectivity index (χ4n) is 8.68. The summed E-state index contributed by atoms with van der Waals surface area (Å²) in [5.74, 6) is 1.72. The maximum Gasteiger partial charge on any atom is 0.230 e. The Balaban J connectivity index is 1.33. The standard InChI is InChI=1S/C44H56N4O6S/c1-2-24-52-44-41(55-26-16-34-30-45-17-18-46-34)29-39(47-53-31-32-10-4-3-5-11-32)37-27-33(12-6-8-22-49)36(13-7-9-23-50)42(43(37)44)38-28-35(14-15-40(38)54-44)51-25-21-48-19-20-48/h2-5,10-11,14-15,17-18,27-28,30,33,36,41-43,49-50H,1,6-9,12-13,16,19-26,29,31H2/t33-,36+,41-,42+,43+,44+/m0/s1. The van der Waals surface area contributed by atoms with Crippen LogP contribution in [0.2, 0.25) is 0 Å². The molecule has 0 radical (unpaired) electrons. The molecule has 2 aromatic carbocycles. The van der Waals surface area contributed by atoms with Crippen LogP contribution in [0.15, 0.2) is 96.6 Å². The average molecular weight is 769 g/mol. The predicted octanol–water partition coefficient (Wildman–Crippen LogP) is 6.98. The van der Waals surface area contributed by atoms with E-state index in [9.17, 15) is 10.2 Å². The topological polar surface area (TPSA) is 119 Å². The van der Waals surface area contributed by atoms with Crippen LogP contribution in [0, 0.1) is 17.8 Å². The van der Waals surface area contributed by atoms with E-state index in [0.29, 0.717) is 26.2 Å². The highest BCUT2D eigenvalue weighted by Crippen LogP contribution is 2.62. The molecule has 11 heteroatoms. The molecule has 0 bridgehead atoms. The van der Waals surface area contributed by atoms with E-state index in [1.807, 2.05) is 48.3 Å². The summed E-state index contributed by atoms with van der Waals surface area (Å²) in [7, 11) is 0. The number of hydrogen-bond acceptors (Lipinski definition) is 11. The third kappa shape index (κ3) is 9.63. The highest BCUT2D eigenvalue weighted by molar-refractivity contribution is 8.00. The third-order valence-corrected chi connectivity index (χ3v) is 12.7. The molecular formula is C44H56N4O6S. The fourth-order valence-corrected chi connectivity index (χ4v) is 10.1. The van der Waals surface area contributed by atoms with Crippen molar-refractivity contribution in [2.45, 2.75) is 74.9 Å². The Kier molecular flexibility index (Phi) is 13.9. The number of allylic oxidation sites excluding steroid dienone is 1. The molecule has 6 atom stereocenters. The van der Waals surface area contributed by atoms with Crippen molar-refractivity contribution in [2.24, 2.45) is 22.9 Å². The lowest BCUT2D eigenvalue weighted by molar-refractivity contribution is -0.223. The molecule has 4 aliphatic rings. The lowest BCUT2D eigenvalue weighted by atomic mass is 9.56. The maximum atomic E-state index is 9.91. The molecule has 10 nitrogen and oxygen atoms in total. The molecule has 2 N–H and O–H groups in total. The summed E-state index contributed by atoms with van der Waals surface area (Å²) < 4.78 is 20.8. The zero-order valence-corrected chi connectivity index (χ0v) is 32.7. The van der Waals surface area contributed by atoms with E-state index in [-0.39, 0.29) is 42.1 Å². The lowest BCUT2D eigenvalue weighted by Crippen LogP contribution is -2.64. The van der Waals surface area contributed by atoms with Crippen LogP contribution in [0.1, 0.15) is 67.7 Å². The van der Waals surface area contributed by atoms with Gasteiger partial charge in [-0.05, 0) is 72.6 Å². The molecular weight excluding hydrogens is 713 g/mol. The Labute approximate surface area is 330 Å². The number of oxime groups is 1. The second kappa shape index (κ2) is 19.4. The third-order valence-electron chi connectivity index (χ3n) is 11.4. The molecule has 2 aliphatic carbocycles. The van der Waals surface area contributed by atoms with Gasteiger partial charge in [-0.15, -0.1) is 6.58 Å². The average Bonchev–Trinajstić information content (AvgIpc) is 4.05. The fraction of sp³-hybridized carbons (Fsp3) is 0.523. The molecule has 3 aromatic rings. The Bertz CT molecular complexity index is 1740. The summed E-state index contributed by atoms with van der Waals surface area (Å²) in [6.45, 7) is 8.92. The van der Waals surface area contributed by atoms with Crippen molar-refractivity contribution in [3.05, 3.63) is 108 Å². The quantitative estimate of drug-likeness (QED) is 0.0480. The van der Waals surface area contributed by atoms with Crippen molar-refractivity contribution < 1.29 is 29.3 Å². The van der Waals surface area contributed by atoms with Gasteiger partial charge in [0.25, 0.3) is 0 Å². The number of rotatable bonds is 22. The van der Waals surface area contributed by atoms with Crippen molar-refractivity contribution in [3.8, 4) is 11.5 Å². The number of hydrogen-bond donors (Lipinski definition) is 2. The highest BCUT2D eigenvalue weighted by atomic mass is 32.2. The first-order valence-corrected chi connectivity index (χ1v) is 21.1. The maximum absolute atomic E-state index is 9.91. The Morgan fingerprint density at radius 1 is 1.04 bits per heavy atom. The van der Waals surface area contributed by atoms with Gasteiger partial charge in [-0.1, -0.05) is 60.5 Å². The Morgan fingerprint density at radius 3 is 2.64 bits per heavy atom. The number of ether oxygens (including phenoxy) is 3. The van der Waals surface area contributed by atoms with E-state index in [1.165, 1.54) is 0 Å². The van der Waals surface area contributed by atoms with Gasteiger partial charge in [-0.2, -0.15) is 11.8 Å². The molecule has 2 fully saturated rings. The minimum absolute atomic E-state index is 0.0184. The van der Waals surface area contributed by atoms with E-state index >= 15 is 0 Å². The summed E-state index contributed by atoms with van der Waals surface area (Å²) in [5.41, 5.74) is 5.19. The first-order chi connectivity index (χ1) is 27.1. The van der Waals surface area contributed by atoms with Gasteiger partial charge < -0.3 is 29.3 Å². The number of benzene rings is 2. The number of aromatic nitrogens is 2. The summed E-state index contributed by atoms with van der Waals surface area (Å²) in [6.07, 6.45) is 16.1. The normalized spacial score (nSPS) is 26.0. The Morgan fingerprint density at radius 2 is 1.87 bits per heavy atom. The minimum atomic E-state index is -1.02. The lowest BCUT2D eigenvalue weighted by Gasteiger charge is -2.58. The molecule has 55 heavy (non-hydrogen) atoms. The predicted molar refractivity (Wildman–Crippen MR) is 216 cm³/mol. The molecule has 294 valence electrons. The number of aliphatic hydroxyl groups is 2. The molecule has 0 spiro atoms. The van der Waals surface area contributed by atoms with Gasteiger partial charge >= 0.3 is 0 Å². The van der Waals surface area contributed by atoms with Gasteiger partial charge in [0.05, 0.1) is 29.2 Å². The zero-order valence-electron chi connectivity index (χ0n) is 31.8. The zero-order chi connectivity index (χ0) is 37.9. The summed E-state index contributed by atoms with van der Waals surface area (Å²) in [6, 6.07) is 16.5. The smallest absolute Gasteiger partial charge is 0.230 e. The van der Waals surface area contributed by atoms with Crippen LogP contribution in [-0.4, -0.2) is 93.6 Å². The van der Waals surface area contributed by atoms with Crippen molar-refractivity contribution in [2.75, 3.05) is 51.8 Å². The second-order valence-electron chi connectivity index (χ2n) is 15.0. The van der Waals surface area contributed by atoms with Crippen LogP contribution in [-0.2, 0) is 22.6 Å². The van der Waals surface area contributed by atoms with Crippen molar-refractivity contribution in [1.29, 1.82) is 0 Å². The van der Waals surface area contributed by atoms with E-state index in [1.54, 1.807) is 12.4 Å². The molecule has 0 amide bonds. The van der Waals surface area contributed by atoms with Crippen molar-refractivity contribution in [3.63, 3.8) is 0 Å². The van der Waals surface area contributed by atoms with Crippen LogP contribution in [0.5, 0.6) is 11.5 Å². The van der Waals surface area contributed by atoms with E-state index in [0.717, 1.165) is 110 Å². The SMILES string of the molecule is C=CCO[C@@]12Oc3ccc(OCCN4CC4)cc3[C@H]3[C@H](CCCCO)[C@@H](CCCCO)C=C(C(=NOCc4ccccc4)C[C@@H]1SCCc1cnccn1)[C@H]32. The number of aryl methyl sites for hydroxylation is 1. The van der Waals surface area contributed by atoms with Gasteiger partial charge in [0.2, 0.25) is 5.79 Å². The molecule has 1 saturated carbocycles. The second-order valence-corrected chi connectivity index (χ2v) is 16.3. The monoisotopic (exact) mass is 768 g/mol. The summed E-state index contributed by atoms with van der Waals surface area (Å²) in [4.78, 5) is 17.4. The van der Waals surface area contributed by atoms with Gasteiger partial charge in [0.1, 0.15) is 24.7 Å². The molecule has 2 aliphatic heterocycles. The van der Waals surface area contributed by atoms with E-state index < -0.39 is 5.79 Å². The largest absolute Gasteiger partial charge is 0.492 e. The molecule has 7 rings (SSSR count). The number of unbranched alkanes of at least 4 members (excludes halogenated alkanes) is 2. The van der Waals surface area contributed by atoms with Crippen LogP contribution in [0.4, 0.5) is 0 Å². The van der Waals surface area contributed by atoms with Crippen LogP contribution in [0.25, 0.3) is 0 Å². The minimum Gasteiger partial charge on any atom is -0.492 e. The molecule has 0 unspecified atom stereocenters. The Hall–Kier alpha value is -3.74. The van der Waals surface area contributed by atoms with E-state index in [4.69, 9.17) is 24.2 Å². The molecule has 3 heterocycles.